The van der Waals surface area contributed by atoms with Crippen molar-refractivity contribution in [3.8, 4) is 0 Å². The van der Waals surface area contributed by atoms with Crippen LogP contribution in [0.5, 0.6) is 0 Å². The fraction of sp³-hybridized carbons (Fsp3) is 0.176. The Balaban J connectivity index is 0.00000261. The number of benzene rings is 2. The number of fused-ring (bicyclic) bond motifs is 1. The van der Waals surface area contributed by atoms with Crippen molar-refractivity contribution >= 4 is 39.3 Å². The van der Waals surface area contributed by atoms with Gasteiger partial charge in [0.15, 0.2) is 0 Å². The summed E-state index contributed by atoms with van der Waals surface area (Å²) in [6, 6.07) is 12.0. The molecule has 0 atom stereocenters. The smallest absolute Gasteiger partial charge is 0.714 e. The van der Waals surface area contributed by atoms with E-state index in [-0.39, 0.29) is 76.0 Å². The number of hydrogen-bond acceptors (Lipinski definition) is 6. The van der Waals surface area contributed by atoms with E-state index in [1.807, 2.05) is 19.1 Å². The minimum atomic E-state index is -4.96. The van der Waals surface area contributed by atoms with Crippen molar-refractivity contribution in [2.45, 2.75) is 13.3 Å². The molecule has 0 aromatic heterocycles. The second-order valence-electron chi connectivity index (χ2n) is 5.70. The molecule has 1 heterocycles. The van der Waals surface area contributed by atoms with Crippen LogP contribution in [0.4, 0.5) is 5.69 Å². The quantitative estimate of drug-likeness (QED) is 0.291. The Hall–Kier alpha value is -0.784. The minimum absolute atomic E-state index is 0. The number of rotatable bonds is 3. The van der Waals surface area contributed by atoms with Gasteiger partial charge in [-0.25, -0.2) is 0 Å². The summed E-state index contributed by atoms with van der Waals surface area (Å²) < 4.78 is 36.0. The molecule has 1 aliphatic rings. The Labute approximate surface area is 204 Å². The van der Waals surface area contributed by atoms with E-state index >= 15 is 0 Å². The van der Waals surface area contributed by atoms with E-state index in [0.717, 1.165) is 5.56 Å². The summed E-state index contributed by atoms with van der Waals surface area (Å²) in [7, 11) is -4.96. The maximum atomic E-state index is 13.0. The van der Waals surface area contributed by atoms with Crippen LogP contribution in [0.2, 0.25) is 5.02 Å². The standard InChI is InChI=1S/C17H15ClN2O5S.K/c1-11-4-2-3-5-13(11)17(21)20-9-8-15(19-25-26(22,23)24)14-7-6-12(18)10-16(14)20;/h2-7,10H,8-9H2,1H3,(H,22,23,24);/q;+1/p-1/b19-15+;. The predicted octanol–water partition coefficient (Wildman–Crippen LogP) is -0.116. The van der Waals surface area contributed by atoms with E-state index in [4.69, 9.17) is 11.6 Å². The molecule has 0 aliphatic carbocycles. The average molecular weight is 433 g/mol. The maximum absolute atomic E-state index is 13.0. The third-order valence-corrected chi connectivity index (χ3v) is 4.49. The fourth-order valence-electron chi connectivity index (χ4n) is 2.80. The van der Waals surface area contributed by atoms with Gasteiger partial charge in [0.05, 0.1) is 11.4 Å². The summed E-state index contributed by atoms with van der Waals surface area (Å²) in [6.45, 7) is 2.08. The molecule has 0 N–H and O–H groups in total. The number of oxime groups is 1. The van der Waals surface area contributed by atoms with Gasteiger partial charge in [-0.1, -0.05) is 35.0 Å². The number of halogens is 1. The second-order valence-corrected chi connectivity index (χ2v) is 7.11. The first-order valence-electron chi connectivity index (χ1n) is 7.65. The summed E-state index contributed by atoms with van der Waals surface area (Å²) in [5, 5.41) is 3.85. The van der Waals surface area contributed by atoms with Crippen LogP contribution in [0.15, 0.2) is 47.6 Å². The minimum Gasteiger partial charge on any atom is -0.714 e. The van der Waals surface area contributed by atoms with Crippen LogP contribution in [-0.2, 0) is 14.7 Å². The monoisotopic (exact) mass is 432 g/mol. The number of hydrogen-bond donors (Lipinski definition) is 0. The molecule has 0 spiro atoms. The molecule has 0 bridgehead atoms. The van der Waals surface area contributed by atoms with E-state index in [1.165, 1.54) is 0 Å². The zero-order valence-electron chi connectivity index (χ0n) is 14.7. The van der Waals surface area contributed by atoms with Crippen LogP contribution in [0, 0.1) is 6.92 Å². The van der Waals surface area contributed by atoms with E-state index in [2.05, 4.69) is 9.44 Å². The van der Waals surface area contributed by atoms with Gasteiger partial charge in [0.2, 0.25) is 0 Å². The van der Waals surface area contributed by atoms with E-state index in [9.17, 15) is 17.8 Å². The van der Waals surface area contributed by atoms with Crippen molar-refractivity contribution < 1.29 is 73.4 Å². The molecule has 0 saturated heterocycles. The van der Waals surface area contributed by atoms with Crippen molar-refractivity contribution in [2.24, 2.45) is 5.16 Å². The van der Waals surface area contributed by atoms with Gasteiger partial charge in [-0.2, -0.15) is 8.42 Å². The van der Waals surface area contributed by atoms with Crippen molar-refractivity contribution in [3.05, 3.63) is 64.2 Å². The van der Waals surface area contributed by atoms with E-state index < -0.39 is 10.4 Å². The Kier molecular flexibility index (Phi) is 7.62. The maximum Gasteiger partial charge on any atom is 1.00 e. The number of anilines is 1. The van der Waals surface area contributed by atoms with E-state index in [0.29, 0.717) is 21.8 Å². The zero-order valence-corrected chi connectivity index (χ0v) is 19.4. The Morgan fingerprint density at radius 3 is 2.63 bits per heavy atom. The van der Waals surface area contributed by atoms with Gasteiger partial charge < -0.3 is 9.45 Å². The van der Waals surface area contributed by atoms with Crippen molar-refractivity contribution in [1.29, 1.82) is 0 Å². The molecule has 0 radical (unpaired) electrons. The molecular weight excluding hydrogens is 419 g/mol. The molecule has 1 aliphatic heterocycles. The summed E-state index contributed by atoms with van der Waals surface area (Å²) in [5.74, 6) is -0.206. The molecule has 2 aromatic rings. The number of amides is 1. The van der Waals surface area contributed by atoms with Gasteiger partial charge in [-0.3, -0.25) is 9.08 Å². The van der Waals surface area contributed by atoms with Gasteiger partial charge in [-0.05, 0) is 36.8 Å². The summed E-state index contributed by atoms with van der Waals surface area (Å²) in [5.41, 5.74) is 2.59. The van der Waals surface area contributed by atoms with Crippen molar-refractivity contribution in [2.75, 3.05) is 11.4 Å². The third kappa shape index (κ3) is 5.39. The van der Waals surface area contributed by atoms with Gasteiger partial charge in [0, 0.05) is 29.1 Å². The van der Waals surface area contributed by atoms with Crippen LogP contribution < -0.4 is 56.3 Å². The molecule has 7 nitrogen and oxygen atoms in total. The van der Waals surface area contributed by atoms with E-state index in [1.54, 1.807) is 35.2 Å². The first-order chi connectivity index (χ1) is 12.3. The van der Waals surface area contributed by atoms with Crippen LogP contribution >= 0.6 is 11.6 Å². The molecule has 0 unspecified atom stereocenters. The molecular formula is C17H14ClKN2O5S. The SMILES string of the molecule is Cc1ccccc1C(=O)N1CC/C(=N\OS(=O)(=O)[O-])c2ccc(Cl)cc21.[K+]. The third-order valence-electron chi connectivity index (χ3n) is 3.99. The number of carbonyl (C=O) groups excluding carboxylic acids is 1. The number of nitrogens with zero attached hydrogens (tertiary/aromatic N) is 2. The number of carbonyl (C=O) groups is 1. The Morgan fingerprint density at radius 2 is 1.96 bits per heavy atom. The topological polar surface area (TPSA) is 99.1 Å². The van der Waals surface area contributed by atoms with Crippen LogP contribution in [-0.4, -0.2) is 31.1 Å². The van der Waals surface area contributed by atoms with Crippen molar-refractivity contribution in [1.82, 2.24) is 0 Å². The molecule has 136 valence electrons. The first-order valence-corrected chi connectivity index (χ1v) is 9.36. The van der Waals surface area contributed by atoms with Crippen molar-refractivity contribution in [3.63, 3.8) is 0 Å². The summed E-state index contributed by atoms with van der Waals surface area (Å²) >= 11 is 6.07. The van der Waals surface area contributed by atoms with Crippen LogP contribution in [0.1, 0.15) is 27.9 Å². The Bertz CT molecular complexity index is 1010. The molecule has 2 aromatic carbocycles. The van der Waals surface area contributed by atoms with Gasteiger partial charge in [0.1, 0.15) is 0 Å². The predicted molar refractivity (Wildman–Crippen MR) is 96.2 cm³/mol. The molecule has 27 heavy (non-hydrogen) atoms. The van der Waals surface area contributed by atoms with Crippen LogP contribution in [0.3, 0.4) is 0 Å². The first kappa shape index (κ1) is 22.5. The second kappa shape index (κ2) is 9.14. The average Bonchev–Trinajstić information content (AvgIpc) is 2.58. The molecule has 10 heteroatoms. The normalized spacial score (nSPS) is 15.1. The Morgan fingerprint density at radius 1 is 1.26 bits per heavy atom. The largest absolute Gasteiger partial charge is 1.00 e. The fourth-order valence-corrected chi connectivity index (χ4v) is 3.15. The molecule has 0 saturated carbocycles. The van der Waals surface area contributed by atoms with Gasteiger partial charge in [0.25, 0.3) is 16.3 Å². The number of aryl methyl sites for hydroxylation is 1. The van der Waals surface area contributed by atoms with Crippen LogP contribution in [0.25, 0.3) is 0 Å². The summed E-state index contributed by atoms with van der Waals surface area (Å²) in [6.07, 6.45) is 0.224. The van der Waals surface area contributed by atoms with Gasteiger partial charge in [-0.15, -0.1) is 0 Å². The molecule has 1 amide bonds. The molecule has 3 rings (SSSR count). The molecule has 0 fully saturated rings. The summed E-state index contributed by atoms with van der Waals surface area (Å²) in [4.78, 5) is 14.5. The van der Waals surface area contributed by atoms with Gasteiger partial charge >= 0.3 is 51.4 Å². The zero-order chi connectivity index (χ0) is 18.9.